The van der Waals surface area contributed by atoms with Crippen molar-refractivity contribution in [2.24, 2.45) is 5.73 Å². The smallest absolute Gasteiger partial charge is 0.0524 e. The SMILES string of the molecule is C[C@H](O)CCN. The Bertz CT molecular complexity index is 28.7. The predicted molar refractivity (Wildman–Crippen MR) is 25.4 cm³/mol. The molecule has 0 bridgehead atoms. The van der Waals surface area contributed by atoms with Crippen molar-refractivity contribution in [1.29, 1.82) is 0 Å². The van der Waals surface area contributed by atoms with Crippen molar-refractivity contribution in [2.45, 2.75) is 19.4 Å². The minimum Gasteiger partial charge on any atom is -0.393 e. The predicted octanol–water partition coefficient (Wildman–Crippen LogP) is -0.284. The molecule has 0 aliphatic rings. The molecule has 0 unspecified atom stereocenters. The molecular weight excluding hydrogens is 78.0 g/mol. The van der Waals surface area contributed by atoms with Gasteiger partial charge in [0.15, 0.2) is 0 Å². The van der Waals surface area contributed by atoms with Gasteiger partial charge in [-0.25, -0.2) is 0 Å². The first-order valence-electron chi connectivity index (χ1n) is 2.15. The molecule has 0 spiro atoms. The zero-order valence-corrected chi connectivity index (χ0v) is 4.02. The Balaban J connectivity index is 2.63. The maximum absolute atomic E-state index is 8.47. The molecule has 0 saturated carbocycles. The molecule has 0 saturated heterocycles. The zero-order chi connectivity index (χ0) is 4.99. The molecule has 0 aromatic rings. The first-order valence-corrected chi connectivity index (χ1v) is 2.15. The molecule has 38 valence electrons. The summed E-state index contributed by atoms with van der Waals surface area (Å²) in [4.78, 5) is 0. The van der Waals surface area contributed by atoms with E-state index in [0.717, 1.165) is 0 Å². The van der Waals surface area contributed by atoms with Crippen molar-refractivity contribution in [3.63, 3.8) is 0 Å². The second-order valence-electron chi connectivity index (χ2n) is 1.43. The van der Waals surface area contributed by atoms with Crippen molar-refractivity contribution < 1.29 is 5.11 Å². The van der Waals surface area contributed by atoms with Crippen molar-refractivity contribution in [3.8, 4) is 0 Å². The molecule has 0 aromatic heterocycles. The van der Waals surface area contributed by atoms with E-state index in [4.69, 9.17) is 10.8 Å². The Morgan fingerprint density at radius 3 is 2.33 bits per heavy atom. The molecule has 0 heterocycles. The van der Waals surface area contributed by atoms with E-state index in [1.165, 1.54) is 0 Å². The number of hydrogen-bond acceptors (Lipinski definition) is 2. The van der Waals surface area contributed by atoms with Gasteiger partial charge < -0.3 is 10.8 Å². The fourth-order valence-electron chi connectivity index (χ4n) is 0.241. The molecule has 2 nitrogen and oxygen atoms in total. The zero-order valence-electron chi connectivity index (χ0n) is 4.02. The van der Waals surface area contributed by atoms with Crippen molar-refractivity contribution in [3.05, 3.63) is 0 Å². The molecular formula is C4H11NO. The summed E-state index contributed by atoms with van der Waals surface area (Å²) in [6.07, 6.45) is 0.481. The van der Waals surface area contributed by atoms with Gasteiger partial charge in [-0.3, -0.25) is 0 Å². The Morgan fingerprint density at radius 1 is 1.83 bits per heavy atom. The summed E-state index contributed by atoms with van der Waals surface area (Å²) in [5.74, 6) is 0. The van der Waals surface area contributed by atoms with Crippen molar-refractivity contribution in [1.82, 2.24) is 0 Å². The number of aliphatic hydroxyl groups excluding tert-OH is 1. The van der Waals surface area contributed by atoms with Crippen LogP contribution < -0.4 is 5.73 Å². The topological polar surface area (TPSA) is 46.2 Å². The molecule has 0 fully saturated rings. The lowest BCUT2D eigenvalue weighted by Crippen LogP contribution is -2.08. The van der Waals surface area contributed by atoms with Gasteiger partial charge in [0.05, 0.1) is 6.10 Å². The highest BCUT2D eigenvalue weighted by Gasteiger charge is 1.87. The molecule has 0 aromatic carbocycles. The third-order valence-electron chi connectivity index (χ3n) is 0.584. The van der Waals surface area contributed by atoms with E-state index in [9.17, 15) is 0 Å². The number of rotatable bonds is 2. The average Bonchev–Trinajstić information content (AvgIpc) is 1.35. The Kier molecular flexibility index (Phi) is 3.08. The van der Waals surface area contributed by atoms with Crippen LogP contribution in [0, 0.1) is 0 Å². The summed E-state index contributed by atoms with van der Waals surface area (Å²) < 4.78 is 0. The van der Waals surface area contributed by atoms with Gasteiger partial charge in [0.2, 0.25) is 0 Å². The van der Waals surface area contributed by atoms with E-state index in [1.807, 2.05) is 0 Å². The first kappa shape index (κ1) is 5.92. The van der Waals surface area contributed by atoms with Crippen molar-refractivity contribution in [2.75, 3.05) is 6.54 Å². The minimum atomic E-state index is -0.227. The monoisotopic (exact) mass is 89.1 g/mol. The quantitative estimate of drug-likeness (QED) is 0.488. The summed E-state index contributed by atoms with van der Waals surface area (Å²) >= 11 is 0. The van der Waals surface area contributed by atoms with E-state index in [-0.39, 0.29) is 6.10 Å². The molecule has 0 aliphatic heterocycles. The number of nitrogens with two attached hydrogens (primary N) is 1. The molecule has 1 atom stereocenters. The number of hydrogen-bond donors (Lipinski definition) is 2. The van der Waals surface area contributed by atoms with Crippen LogP contribution in [0.15, 0.2) is 0 Å². The van der Waals surface area contributed by atoms with Crippen LogP contribution in [-0.4, -0.2) is 17.8 Å². The fraction of sp³-hybridized carbons (Fsp3) is 1.00. The van der Waals surface area contributed by atoms with Crippen LogP contribution in [0.4, 0.5) is 0 Å². The third kappa shape index (κ3) is 3.92. The van der Waals surface area contributed by atoms with E-state index in [0.29, 0.717) is 13.0 Å². The van der Waals surface area contributed by atoms with E-state index < -0.39 is 0 Å². The lowest BCUT2D eigenvalue weighted by atomic mass is 10.3. The molecule has 0 rings (SSSR count). The number of aliphatic hydroxyl groups is 1. The van der Waals surface area contributed by atoms with Gasteiger partial charge in [0.25, 0.3) is 0 Å². The van der Waals surface area contributed by atoms with Gasteiger partial charge >= 0.3 is 0 Å². The van der Waals surface area contributed by atoms with Crippen LogP contribution in [0.3, 0.4) is 0 Å². The Morgan fingerprint density at radius 2 is 2.33 bits per heavy atom. The highest BCUT2D eigenvalue weighted by Crippen LogP contribution is 1.81. The lowest BCUT2D eigenvalue weighted by molar-refractivity contribution is 0.187. The molecule has 2 heteroatoms. The summed E-state index contributed by atoms with van der Waals surface area (Å²) in [5, 5.41) is 8.47. The maximum atomic E-state index is 8.47. The van der Waals surface area contributed by atoms with Crippen LogP contribution in [0.1, 0.15) is 13.3 Å². The molecule has 0 radical (unpaired) electrons. The van der Waals surface area contributed by atoms with Gasteiger partial charge in [-0.1, -0.05) is 0 Å². The van der Waals surface area contributed by atoms with Crippen LogP contribution in [-0.2, 0) is 0 Å². The highest BCUT2D eigenvalue weighted by molar-refractivity contribution is 4.43. The normalized spacial score (nSPS) is 14.5. The molecule has 6 heavy (non-hydrogen) atoms. The van der Waals surface area contributed by atoms with Crippen LogP contribution in [0.2, 0.25) is 0 Å². The van der Waals surface area contributed by atoms with Crippen molar-refractivity contribution >= 4 is 0 Å². The largest absolute Gasteiger partial charge is 0.393 e. The van der Waals surface area contributed by atoms with Gasteiger partial charge in [-0.05, 0) is 19.9 Å². The van der Waals surface area contributed by atoms with Crippen LogP contribution in [0.25, 0.3) is 0 Å². The average molecular weight is 89.1 g/mol. The summed E-state index contributed by atoms with van der Waals surface area (Å²) in [7, 11) is 0. The van der Waals surface area contributed by atoms with Gasteiger partial charge in [-0.15, -0.1) is 0 Å². The van der Waals surface area contributed by atoms with Crippen LogP contribution >= 0.6 is 0 Å². The highest BCUT2D eigenvalue weighted by atomic mass is 16.3. The van der Waals surface area contributed by atoms with E-state index in [1.54, 1.807) is 6.92 Å². The van der Waals surface area contributed by atoms with E-state index in [2.05, 4.69) is 0 Å². The summed E-state index contributed by atoms with van der Waals surface area (Å²) in [6.45, 7) is 2.31. The van der Waals surface area contributed by atoms with Gasteiger partial charge in [-0.2, -0.15) is 0 Å². The molecule has 3 N–H and O–H groups in total. The lowest BCUT2D eigenvalue weighted by Gasteiger charge is -1.95. The van der Waals surface area contributed by atoms with Crippen LogP contribution in [0.5, 0.6) is 0 Å². The Hall–Kier alpha value is -0.0800. The first-order chi connectivity index (χ1) is 2.77. The maximum Gasteiger partial charge on any atom is 0.0524 e. The summed E-state index contributed by atoms with van der Waals surface area (Å²) in [6, 6.07) is 0. The second kappa shape index (κ2) is 3.12. The molecule has 0 aliphatic carbocycles. The second-order valence-corrected chi connectivity index (χ2v) is 1.43. The fourth-order valence-corrected chi connectivity index (χ4v) is 0.241. The summed E-state index contributed by atoms with van der Waals surface area (Å²) in [5.41, 5.74) is 5.07. The van der Waals surface area contributed by atoms with E-state index >= 15 is 0 Å². The van der Waals surface area contributed by atoms with Gasteiger partial charge in [0.1, 0.15) is 0 Å². The standard InChI is InChI=1S/C4H11NO/c1-4(6)2-3-5/h4,6H,2-3,5H2,1H3/t4-/m0/s1. The van der Waals surface area contributed by atoms with Gasteiger partial charge in [0, 0.05) is 0 Å². The third-order valence-corrected chi connectivity index (χ3v) is 0.584. The molecule has 0 amide bonds. The Labute approximate surface area is 38.0 Å². The minimum absolute atomic E-state index is 0.227.